The summed E-state index contributed by atoms with van der Waals surface area (Å²) in [4.78, 5) is 29.9. The molecule has 0 saturated carbocycles. The van der Waals surface area contributed by atoms with Crippen molar-refractivity contribution in [1.82, 2.24) is 19.4 Å². The van der Waals surface area contributed by atoms with Crippen molar-refractivity contribution >= 4 is 17.0 Å². The summed E-state index contributed by atoms with van der Waals surface area (Å²) in [5.41, 5.74) is 3.59. The first-order valence-corrected chi connectivity index (χ1v) is 13.4. The number of aromatic nitrogens is 3. The molecular weight excluding hydrogens is 484 g/mol. The van der Waals surface area contributed by atoms with Crippen LogP contribution in [0.5, 0.6) is 0 Å². The van der Waals surface area contributed by atoms with E-state index in [1.807, 2.05) is 31.3 Å². The number of hydrogen-bond acceptors (Lipinski definition) is 7. The molecule has 1 fully saturated rings. The number of carbonyl (C=O) groups is 1. The maximum absolute atomic E-state index is 12.7. The molecule has 0 amide bonds. The predicted molar refractivity (Wildman–Crippen MR) is 147 cm³/mol. The van der Waals surface area contributed by atoms with Gasteiger partial charge in [-0.05, 0) is 77.6 Å². The van der Waals surface area contributed by atoms with Crippen LogP contribution in [-0.2, 0) is 34.4 Å². The van der Waals surface area contributed by atoms with Crippen molar-refractivity contribution in [1.29, 1.82) is 0 Å². The van der Waals surface area contributed by atoms with Crippen LogP contribution >= 0.6 is 0 Å². The van der Waals surface area contributed by atoms with Gasteiger partial charge in [-0.25, -0.2) is 4.98 Å². The third-order valence-electron chi connectivity index (χ3n) is 6.76. The molecule has 1 aromatic carbocycles. The molecule has 9 heteroatoms. The highest BCUT2D eigenvalue weighted by Crippen LogP contribution is 2.28. The maximum atomic E-state index is 12.7. The van der Waals surface area contributed by atoms with E-state index in [0.717, 1.165) is 53.9 Å². The zero-order chi connectivity index (χ0) is 27.6. The Hall–Kier alpha value is -3.01. The molecule has 4 rings (SSSR count). The van der Waals surface area contributed by atoms with E-state index in [1.165, 1.54) is 0 Å². The summed E-state index contributed by atoms with van der Waals surface area (Å²) in [5.74, 6) is 0.300. The fourth-order valence-electron chi connectivity index (χ4n) is 4.88. The van der Waals surface area contributed by atoms with Crippen molar-refractivity contribution in [3.05, 3.63) is 51.9 Å². The van der Waals surface area contributed by atoms with E-state index < -0.39 is 23.7 Å². The van der Waals surface area contributed by atoms with Gasteiger partial charge in [-0.3, -0.25) is 14.9 Å². The summed E-state index contributed by atoms with van der Waals surface area (Å²) >= 11 is 0. The molecule has 3 atom stereocenters. The number of aryl methyl sites for hydroxylation is 2. The summed E-state index contributed by atoms with van der Waals surface area (Å²) in [6.07, 6.45) is 4.19. The summed E-state index contributed by atoms with van der Waals surface area (Å²) in [6.45, 7) is 10.6. The predicted octanol–water partition coefficient (Wildman–Crippen LogP) is 3.46. The molecule has 0 spiro atoms. The van der Waals surface area contributed by atoms with Gasteiger partial charge >= 0.3 is 5.97 Å². The van der Waals surface area contributed by atoms with Crippen LogP contribution in [0, 0.1) is 6.92 Å². The number of carbonyl (C=O) groups excluding carboxylic acids is 1. The standard InChI is InChI=1S/C29H40N4O5/c1-18-13-21(16-32(6)27(18)35)26-31-23-11-10-20(14-24(23)33(26)17-22-9-7-8-12-37-22)15-30-25(19(2)34)28(36)38-29(3,4)5/h10-11,13-14,16,19,22,25,30,34H,7-9,12,15,17H2,1-6H3/t19?,22?,25-/m0/s1. The molecule has 0 radical (unpaired) electrons. The highest BCUT2D eigenvalue weighted by Gasteiger charge is 2.28. The van der Waals surface area contributed by atoms with Gasteiger partial charge < -0.3 is 23.7 Å². The lowest BCUT2D eigenvalue weighted by Gasteiger charge is -2.26. The average molecular weight is 525 g/mol. The molecule has 3 aromatic rings. The Bertz CT molecular complexity index is 1320. The van der Waals surface area contributed by atoms with Crippen LogP contribution in [0.1, 0.15) is 58.1 Å². The number of fused-ring (bicyclic) bond motifs is 1. The van der Waals surface area contributed by atoms with Gasteiger partial charge in [0.15, 0.2) is 0 Å². The molecule has 3 heterocycles. The number of hydrogen-bond donors (Lipinski definition) is 2. The van der Waals surface area contributed by atoms with Crippen molar-refractivity contribution in [2.24, 2.45) is 7.05 Å². The van der Waals surface area contributed by atoms with Crippen LogP contribution < -0.4 is 10.9 Å². The minimum atomic E-state index is -0.915. The Morgan fingerprint density at radius 2 is 2.05 bits per heavy atom. The number of aliphatic hydroxyl groups is 1. The highest BCUT2D eigenvalue weighted by atomic mass is 16.6. The maximum Gasteiger partial charge on any atom is 0.326 e. The molecule has 0 bridgehead atoms. The molecule has 0 aliphatic carbocycles. The van der Waals surface area contributed by atoms with Crippen LogP contribution in [0.2, 0.25) is 0 Å². The van der Waals surface area contributed by atoms with Crippen molar-refractivity contribution < 1.29 is 19.4 Å². The number of benzene rings is 1. The Morgan fingerprint density at radius 3 is 2.68 bits per heavy atom. The Labute approximate surface area is 223 Å². The SMILES string of the molecule is Cc1cc(-c2nc3ccc(CN[C@H](C(=O)OC(C)(C)C)C(C)O)cc3n2CC2CCCCO2)cn(C)c1=O. The molecule has 38 heavy (non-hydrogen) atoms. The first-order valence-electron chi connectivity index (χ1n) is 13.4. The van der Waals surface area contributed by atoms with Crippen LogP contribution in [-0.4, -0.2) is 55.7 Å². The van der Waals surface area contributed by atoms with Gasteiger partial charge in [-0.2, -0.15) is 0 Å². The van der Waals surface area contributed by atoms with E-state index in [4.69, 9.17) is 14.5 Å². The second-order valence-electron chi connectivity index (χ2n) is 11.3. The molecule has 206 valence electrons. The number of pyridine rings is 1. The van der Waals surface area contributed by atoms with Gasteiger partial charge in [0.2, 0.25) is 0 Å². The number of nitrogens with one attached hydrogen (secondary N) is 1. The van der Waals surface area contributed by atoms with E-state index in [-0.39, 0.29) is 11.7 Å². The fourth-order valence-corrected chi connectivity index (χ4v) is 4.88. The van der Waals surface area contributed by atoms with Crippen molar-refractivity contribution in [2.75, 3.05) is 6.61 Å². The number of imidazole rings is 1. The highest BCUT2D eigenvalue weighted by molar-refractivity contribution is 5.81. The van der Waals surface area contributed by atoms with E-state index >= 15 is 0 Å². The molecule has 1 aliphatic heterocycles. The number of nitrogens with zero attached hydrogens (tertiary/aromatic N) is 3. The third-order valence-corrected chi connectivity index (χ3v) is 6.76. The van der Waals surface area contributed by atoms with E-state index in [1.54, 1.807) is 39.3 Å². The van der Waals surface area contributed by atoms with Crippen molar-refractivity contribution in [3.63, 3.8) is 0 Å². The largest absolute Gasteiger partial charge is 0.459 e. The summed E-state index contributed by atoms with van der Waals surface area (Å²) in [7, 11) is 1.75. The smallest absolute Gasteiger partial charge is 0.326 e. The van der Waals surface area contributed by atoms with Gasteiger partial charge in [0, 0.05) is 37.5 Å². The number of aliphatic hydroxyl groups excluding tert-OH is 1. The molecule has 1 aliphatic rings. The third kappa shape index (κ3) is 6.51. The summed E-state index contributed by atoms with van der Waals surface area (Å²) in [6, 6.07) is 7.03. The van der Waals surface area contributed by atoms with Crippen molar-refractivity contribution in [3.8, 4) is 11.4 Å². The quantitative estimate of drug-likeness (QED) is 0.435. The molecule has 1 saturated heterocycles. The Balaban J connectivity index is 1.68. The topological polar surface area (TPSA) is 108 Å². The normalized spacial score (nSPS) is 17.9. The van der Waals surface area contributed by atoms with Gasteiger partial charge in [0.05, 0.1) is 29.8 Å². The Kier molecular flexibility index (Phi) is 8.40. The van der Waals surface area contributed by atoms with Crippen LogP contribution in [0.25, 0.3) is 22.4 Å². The summed E-state index contributed by atoms with van der Waals surface area (Å²) in [5, 5.41) is 13.4. The Morgan fingerprint density at radius 1 is 1.29 bits per heavy atom. The second kappa shape index (κ2) is 11.4. The fraction of sp³-hybridized carbons (Fsp3) is 0.552. The zero-order valence-electron chi connectivity index (χ0n) is 23.3. The monoisotopic (exact) mass is 524 g/mol. The van der Waals surface area contributed by atoms with E-state index in [2.05, 4.69) is 16.0 Å². The molecule has 9 nitrogen and oxygen atoms in total. The van der Waals surface area contributed by atoms with Gasteiger partial charge in [0.25, 0.3) is 5.56 Å². The second-order valence-corrected chi connectivity index (χ2v) is 11.3. The van der Waals surface area contributed by atoms with Gasteiger partial charge in [-0.15, -0.1) is 0 Å². The first kappa shape index (κ1) is 28.0. The van der Waals surface area contributed by atoms with Crippen LogP contribution in [0.4, 0.5) is 0 Å². The minimum absolute atomic E-state index is 0.0296. The average Bonchev–Trinajstić information content (AvgIpc) is 3.19. The van der Waals surface area contributed by atoms with Gasteiger partial charge in [-0.1, -0.05) is 6.07 Å². The molecule has 2 N–H and O–H groups in total. The van der Waals surface area contributed by atoms with Crippen LogP contribution in [0.3, 0.4) is 0 Å². The lowest BCUT2D eigenvalue weighted by Crippen LogP contribution is -2.47. The number of ether oxygens (including phenoxy) is 2. The zero-order valence-corrected chi connectivity index (χ0v) is 23.3. The molecule has 2 unspecified atom stereocenters. The minimum Gasteiger partial charge on any atom is -0.459 e. The number of rotatable bonds is 8. The number of esters is 1. The first-order chi connectivity index (χ1) is 17.9. The van der Waals surface area contributed by atoms with Gasteiger partial charge in [0.1, 0.15) is 17.5 Å². The van der Waals surface area contributed by atoms with E-state index in [0.29, 0.717) is 18.7 Å². The van der Waals surface area contributed by atoms with E-state index in [9.17, 15) is 14.7 Å². The summed E-state index contributed by atoms with van der Waals surface area (Å²) < 4.78 is 15.3. The van der Waals surface area contributed by atoms with Crippen LogP contribution in [0.15, 0.2) is 35.3 Å². The van der Waals surface area contributed by atoms with Crippen molar-refractivity contribution in [2.45, 2.75) is 90.8 Å². The lowest BCUT2D eigenvalue weighted by atomic mass is 10.1. The lowest BCUT2D eigenvalue weighted by molar-refractivity contribution is -0.160. The molecule has 2 aromatic heterocycles. The molecular formula is C29H40N4O5.